The van der Waals surface area contributed by atoms with E-state index in [1.165, 1.54) is 14.0 Å². The summed E-state index contributed by atoms with van der Waals surface area (Å²) in [5.74, 6) is -4.14. The molecule has 0 aromatic heterocycles. The molecule has 18 atom stereocenters. The van der Waals surface area contributed by atoms with E-state index >= 15 is 0 Å². The van der Waals surface area contributed by atoms with Gasteiger partial charge in [0, 0.05) is 66.8 Å². The fourth-order valence-corrected chi connectivity index (χ4v) is 8.93. The predicted octanol–water partition coefficient (Wildman–Crippen LogP) is 2.21. The molecule has 351 valence electrons. The first kappa shape index (κ1) is 54.3. The summed E-state index contributed by atoms with van der Waals surface area (Å²) in [6, 6.07) is -0.328. The van der Waals surface area contributed by atoms with Gasteiger partial charge in [0.25, 0.3) is 0 Å². The van der Waals surface area contributed by atoms with Crippen LogP contribution in [-0.2, 0) is 69.9 Å². The molecule has 0 aromatic carbocycles. The van der Waals surface area contributed by atoms with Crippen molar-refractivity contribution in [1.29, 1.82) is 0 Å². The van der Waals surface area contributed by atoms with E-state index < -0.39 is 102 Å². The molecular formula is C41H76AuN2O15. The number of carbonyl (C=O) groups excluding carboxylic acids is 1. The zero-order chi connectivity index (χ0) is 43.9. The summed E-state index contributed by atoms with van der Waals surface area (Å²) in [7, 11) is 6.76. The Morgan fingerprint density at radius 3 is 2.12 bits per heavy atom. The minimum Gasteiger partial charge on any atom is -0.459 e. The van der Waals surface area contributed by atoms with Crippen molar-refractivity contribution in [3.8, 4) is 0 Å². The molecule has 0 aromatic rings. The molecule has 0 unspecified atom stereocenters. The number of rotatable bonds is 13. The Balaban J connectivity index is 0.0000120. The predicted molar refractivity (Wildman–Crippen MR) is 212 cm³/mol. The summed E-state index contributed by atoms with van der Waals surface area (Å²) in [6.07, 6.45) is -9.49. The summed E-state index contributed by atoms with van der Waals surface area (Å²) in [4.78, 5) is 21.8. The van der Waals surface area contributed by atoms with Crippen molar-refractivity contribution in [2.24, 2.45) is 28.8 Å². The summed E-state index contributed by atoms with van der Waals surface area (Å²) in [5.41, 5.74) is -4.49. The Morgan fingerprint density at radius 1 is 0.898 bits per heavy atom. The Morgan fingerprint density at radius 2 is 1.54 bits per heavy atom. The molecule has 3 rings (SSSR count). The number of carbonyl (C=O) groups is 1. The van der Waals surface area contributed by atoms with Crippen LogP contribution in [0.15, 0.2) is 5.16 Å². The molecule has 0 spiro atoms. The minimum absolute atomic E-state index is 0. The maximum atomic E-state index is 14.3. The number of hydrogen-bond donors (Lipinski definition) is 5. The summed E-state index contributed by atoms with van der Waals surface area (Å²) < 4.78 is 48.1. The monoisotopic (exact) mass is 1030 g/mol. The first-order valence-electron chi connectivity index (χ1n) is 20.8. The molecule has 3 fully saturated rings. The number of oxime groups is 1. The number of aliphatic hydroxyl groups excluding tert-OH is 3. The molecule has 3 heterocycles. The number of ether oxygens (including phenoxy) is 8. The smallest absolute Gasteiger partial charge is 0.311 e. The van der Waals surface area contributed by atoms with Crippen molar-refractivity contribution in [3.05, 3.63) is 0 Å². The molecular weight excluding hydrogens is 957 g/mol. The maximum absolute atomic E-state index is 14.3. The molecule has 1 radical (unpaired) electrons. The van der Waals surface area contributed by atoms with Crippen LogP contribution in [-0.4, -0.2) is 175 Å². The van der Waals surface area contributed by atoms with Crippen LogP contribution in [0.4, 0.5) is 0 Å². The number of likely N-dealkylation sites (N-methyl/N-ethyl adjacent to an activating group) is 1. The molecule has 3 saturated heterocycles. The van der Waals surface area contributed by atoms with Gasteiger partial charge in [-0.05, 0) is 74.9 Å². The van der Waals surface area contributed by atoms with Crippen LogP contribution < -0.4 is 0 Å². The average molecular weight is 1030 g/mol. The van der Waals surface area contributed by atoms with Crippen LogP contribution >= 0.6 is 0 Å². The first-order chi connectivity index (χ1) is 27.0. The first-order valence-corrected chi connectivity index (χ1v) is 20.8. The van der Waals surface area contributed by atoms with Crippen molar-refractivity contribution in [2.45, 2.75) is 179 Å². The zero-order valence-electron chi connectivity index (χ0n) is 37.6. The van der Waals surface area contributed by atoms with Gasteiger partial charge in [0.15, 0.2) is 12.6 Å². The average Bonchev–Trinajstić information content (AvgIpc) is 3.15. The van der Waals surface area contributed by atoms with Gasteiger partial charge in [0.1, 0.15) is 23.9 Å². The van der Waals surface area contributed by atoms with E-state index in [-0.39, 0.29) is 67.2 Å². The van der Waals surface area contributed by atoms with Crippen molar-refractivity contribution in [2.75, 3.05) is 48.3 Å². The van der Waals surface area contributed by atoms with Gasteiger partial charge in [-0.2, -0.15) is 0 Å². The zero-order valence-corrected chi connectivity index (χ0v) is 39.8. The van der Waals surface area contributed by atoms with E-state index in [0.717, 1.165) is 0 Å². The van der Waals surface area contributed by atoms with Crippen molar-refractivity contribution >= 4 is 11.7 Å². The molecule has 18 heteroatoms. The third-order valence-corrected chi connectivity index (χ3v) is 12.6. The molecule has 17 nitrogen and oxygen atoms in total. The van der Waals surface area contributed by atoms with Gasteiger partial charge in [-0.25, -0.2) is 0 Å². The van der Waals surface area contributed by atoms with Gasteiger partial charge in [-0.1, -0.05) is 32.9 Å². The fourth-order valence-electron chi connectivity index (χ4n) is 8.93. The number of cyclic esters (lactones) is 1. The second-order valence-corrected chi connectivity index (χ2v) is 17.7. The van der Waals surface area contributed by atoms with Gasteiger partial charge < -0.3 is 73.2 Å². The largest absolute Gasteiger partial charge is 0.459 e. The van der Waals surface area contributed by atoms with E-state index in [1.807, 2.05) is 32.8 Å². The standard InChI is InChI=1S/C41H76N2O15.Au/c1-15-29-41(10,49)34(45)24(4)31(42-53-21-52-17-16-50-13)22(2)19-39(8,48)36(58-38-32(44)28(43(11)12)18-23(3)54-38)25(5)33(26(6)37(47)56-29)57-30-20-40(9,51-14)35(46)27(7)55-30;/h22-30,32-36,38,44-46,48-49H,15-21H2,1-14H3;/b42-31+;/t22-,23-,24+,25+,26-,27+,28+,29-,30+,32-,33+,34-,35+,36-,38+,39-,40-,41-;/m1./s1. The van der Waals surface area contributed by atoms with E-state index in [0.29, 0.717) is 18.7 Å². The Hall–Kier alpha value is -0.840. The van der Waals surface area contributed by atoms with E-state index in [2.05, 4.69) is 5.16 Å². The SMILES string of the molecule is CC[C@H]1OC(=O)[C@H](C)[C@@H](O[C@H]2C[C@@](C)(OC)[C@@H](O)[C@H](C)O2)[C@H](C)[C@@H](O[C@@H]2O[C@H](C)C[C@H](N(C)C)[C@H]2O)[C@](C)(O)C[C@@H](C)/C(=N\OCOCCOC)[C@H](C)[C@@H](O)[C@]1(C)O.[Au]. The van der Waals surface area contributed by atoms with Crippen molar-refractivity contribution < 1.29 is 95.4 Å². The summed E-state index contributed by atoms with van der Waals surface area (Å²) in [5, 5.41) is 63.6. The molecule has 3 aliphatic rings. The van der Waals surface area contributed by atoms with Crippen molar-refractivity contribution in [3.63, 3.8) is 0 Å². The van der Waals surface area contributed by atoms with Crippen LogP contribution in [0.2, 0.25) is 0 Å². The van der Waals surface area contributed by atoms with Gasteiger partial charge in [0.05, 0.1) is 66.6 Å². The van der Waals surface area contributed by atoms with E-state index in [1.54, 1.807) is 55.6 Å². The van der Waals surface area contributed by atoms with Crippen molar-refractivity contribution in [1.82, 2.24) is 4.90 Å². The van der Waals surface area contributed by atoms with Gasteiger partial charge >= 0.3 is 5.97 Å². The number of aliphatic hydroxyl groups is 5. The molecule has 0 bridgehead atoms. The maximum Gasteiger partial charge on any atom is 0.311 e. The third kappa shape index (κ3) is 13.3. The fraction of sp³-hybridized carbons (Fsp3) is 0.951. The Bertz CT molecular complexity index is 1310. The van der Waals surface area contributed by atoms with Crippen LogP contribution in [0, 0.1) is 23.7 Å². The number of hydrogen-bond acceptors (Lipinski definition) is 17. The van der Waals surface area contributed by atoms with E-state index in [9.17, 15) is 30.3 Å². The molecule has 59 heavy (non-hydrogen) atoms. The summed E-state index contributed by atoms with van der Waals surface area (Å²) in [6.45, 7) is 17.3. The molecule has 0 saturated carbocycles. The normalized spacial score (nSPS) is 45.1. The number of nitrogens with zero attached hydrogens (tertiary/aromatic N) is 2. The van der Waals surface area contributed by atoms with Gasteiger partial charge in [-0.3, -0.25) is 4.79 Å². The minimum atomic E-state index is -1.97. The van der Waals surface area contributed by atoms with Gasteiger partial charge in [0.2, 0.25) is 6.79 Å². The second-order valence-electron chi connectivity index (χ2n) is 17.7. The van der Waals surface area contributed by atoms with Crippen LogP contribution in [0.5, 0.6) is 0 Å². The van der Waals surface area contributed by atoms with Gasteiger partial charge in [-0.15, -0.1) is 0 Å². The Kier molecular flexibility index (Phi) is 21.3. The Labute approximate surface area is 367 Å². The van der Waals surface area contributed by atoms with E-state index in [4.69, 9.17) is 42.7 Å². The quantitative estimate of drug-likeness (QED) is 0.0588. The van der Waals surface area contributed by atoms with Crippen LogP contribution in [0.3, 0.4) is 0 Å². The number of methoxy groups -OCH3 is 2. The molecule has 5 N–H and O–H groups in total. The molecule has 0 aliphatic carbocycles. The van der Waals surface area contributed by atoms with Crippen LogP contribution in [0.25, 0.3) is 0 Å². The summed E-state index contributed by atoms with van der Waals surface area (Å²) >= 11 is 0. The third-order valence-electron chi connectivity index (χ3n) is 12.6. The molecule has 0 amide bonds. The van der Waals surface area contributed by atoms with Crippen LogP contribution in [0.1, 0.15) is 94.9 Å². The number of esters is 1. The second kappa shape index (κ2) is 23.2. The topological polar surface area (TPSA) is 217 Å². The molecule has 3 aliphatic heterocycles.